The van der Waals surface area contributed by atoms with Gasteiger partial charge in [0.05, 0.1) is 46.3 Å². The van der Waals surface area contributed by atoms with Gasteiger partial charge in [0.2, 0.25) is 0 Å². The summed E-state index contributed by atoms with van der Waals surface area (Å²) >= 11 is 0. The molecule has 1 heterocycles. The number of methoxy groups -OCH3 is 2. The van der Waals surface area contributed by atoms with Crippen LogP contribution in [0.5, 0.6) is 34.5 Å². The fraction of sp³-hybridized carbons (Fsp3) is 0.517. The molecule has 3 atom stereocenters. The van der Waals surface area contributed by atoms with Crippen molar-refractivity contribution in [2.24, 2.45) is 17.8 Å². The molecule has 0 amide bonds. The van der Waals surface area contributed by atoms with Gasteiger partial charge in [-0.1, -0.05) is 96.9 Å². The molecule has 0 bridgehead atoms. The standard InChI is InChI=1S/C58H76O13/c1-37(2)14-11-15-38(3)16-12-17-39(4)18-13-32-58(8)33-31-47-42(7)56(40(5)41(6)57(47)71-58)70-55(65)30-29-54(64)69-49-26-22-44(35-51(49)67-10)20-24-46(60)36-45(59)23-19-43-21-25-48(50(34-43)66-9)68-53(63)28-27-52(61)62/h19-26,34-35,37-39H,11-18,27-33,36H2,1-10H3,(H,61,62)/t38-,39-,58-/m1/s1. The molecule has 386 valence electrons. The molecular formula is C58H76O13. The van der Waals surface area contributed by atoms with Gasteiger partial charge in [0, 0.05) is 5.56 Å². The number of ketones is 2. The molecule has 0 fully saturated rings. The number of rotatable bonds is 29. The van der Waals surface area contributed by atoms with Gasteiger partial charge in [-0.05, 0) is 135 Å². The van der Waals surface area contributed by atoms with Crippen LogP contribution in [-0.4, -0.2) is 60.4 Å². The van der Waals surface area contributed by atoms with E-state index in [1.165, 1.54) is 102 Å². The number of carboxylic acids is 1. The van der Waals surface area contributed by atoms with Crippen molar-refractivity contribution in [3.63, 3.8) is 0 Å². The van der Waals surface area contributed by atoms with E-state index < -0.39 is 41.9 Å². The first-order chi connectivity index (χ1) is 33.7. The Hall–Kier alpha value is -6.24. The number of esters is 3. The molecule has 4 rings (SSSR count). The van der Waals surface area contributed by atoms with Crippen LogP contribution < -0.4 is 28.4 Å². The van der Waals surface area contributed by atoms with Gasteiger partial charge >= 0.3 is 23.9 Å². The first kappa shape index (κ1) is 57.3. The van der Waals surface area contributed by atoms with Crippen molar-refractivity contribution in [3.8, 4) is 34.5 Å². The Morgan fingerprint density at radius 3 is 1.61 bits per heavy atom. The third-order valence-corrected chi connectivity index (χ3v) is 13.2. The summed E-state index contributed by atoms with van der Waals surface area (Å²) in [6, 6.07) is 9.24. The molecule has 0 saturated carbocycles. The van der Waals surface area contributed by atoms with Gasteiger partial charge in [-0.2, -0.15) is 0 Å². The molecule has 0 aliphatic carbocycles. The number of aliphatic carboxylic acids is 1. The largest absolute Gasteiger partial charge is 0.493 e. The van der Waals surface area contributed by atoms with Crippen LogP contribution >= 0.6 is 0 Å². The summed E-state index contributed by atoms with van der Waals surface area (Å²) in [6.45, 7) is 17.5. The van der Waals surface area contributed by atoms with Crippen LogP contribution in [0.25, 0.3) is 12.2 Å². The molecule has 1 N–H and O–H groups in total. The lowest BCUT2D eigenvalue weighted by Gasteiger charge is -2.38. The number of hydrogen-bond donors (Lipinski definition) is 1. The minimum absolute atomic E-state index is 0.0936. The normalized spacial score (nSPS) is 15.2. The number of benzene rings is 3. The van der Waals surface area contributed by atoms with Crippen LogP contribution in [0.4, 0.5) is 0 Å². The van der Waals surface area contributed by atoms with Crippen molar-refractivity contribution in [2.75, 3.05) is 14.2 Å². The number of carboxylic acid groups (broad SMARTS) is 1. The fourth-order valence-corrected chi connectivity index (χ4v) is 8.75. The number of allylic oxidation sites excluding steroid dienone is 2. The van der Waals surface area contributed by atoms with Gasteiger partial charge in [-0.25, -0.2) is 0 Å². The Balaban J connectivity index is 1.23. The van der Waals surface area contributed by atoms with E-state index in [0.717, 1.165) is 65.5 Å². The zero-order chi connectivity index (χ0) is 52.3. The van der Waals surface area contributed by atoms with E-state index >= 15 is 0 Å². The highest BCUT2D eigenvalue weighted by Crippen LogP contribution is 2.45. The molecule has 71 heavy (non-hydrogen) atoms. The van der Waals surface area contributed by atoms with Crippen LogP contribution in [0.3, 0.4) is 0 Å². The van der Waals surface area contributed by atoms with E-state index in [4.69, 9.17) is 33.5 Å². The predicted molar refractivity (Wildman–Crippen MR) is 274 cm³/mol. The van der Waals surface area contributed by atoms with E-state index in [9.17, 15) is 28.8 Å². The molecule has 0 unspecified atom stereocenters. The second kappa shape index (κ2) is 28.0. The van der Waals surface area contributed by atoms with Gasteiger partial charge in [0.15, 0.2) is 34.6 Å². The molecule has 3 aromatic rings. The van der Waals surface area contributed by atoms with Crippen molar-refractivity contribution >= 4 is 47.6 Å². The summed E-state index contributed by atoms with van der Waals surface area (Å²) in [7, 11) is 2.77. The number of carbonyl (C=O) groups is 6. The van der Waals surface area contributed by atoms with E-state index in [2.05, 4.69) is 34.6 Å². The smallest absolute Gasteiger partial charge is 0.311 e. The van der Waals surface area contributed by atoms with E-state index in [1.807, 2.05) is 20.8 Å². The van der Waals surface area contributed by atoms with Crippen LogP contribution in [-0.2, 0) is 35.2 Å². The Bertz CT molecular complexity index is 2410. The van der Waals surface area contributed by atoms with Crippen molar-refractivity contribution in [1.82, 2.24) is 0 Å². The zero-order valence-corrected chi connectivity index (χ0v) is 43.7. The van der Waals surface area contributed by atoms with Gasteiger partial charge in [-0.3, -0.25) is 28.8 Å². The van der Waals surface area contributed by atoms with Crippen molar-refractivity contribution in [3.05, 3.63) is 81.9 Å². The molecule has 0 saturated heterocycles. The first-order valence-electron chi connectivity index (χ1n) is 25.1. The van der Waals surface area contributed by atoms with Crippen LogP contribution in [0.2, 0.25) is 0 Å². The van der Waals surface area contributed by atoms with Crippen LogP contribution in [0, 0.1) is 38.5 Å². The van der Waals surface area contributed by atoms with Crippen LogP contribution in [0.15, 0.2) is 48.6 Å². The SMILES string of the molecule is COc1cc(C=CC(=O)CC(=O)C=Cc2ccc(OC(=O)CCC(=O)Oc3c(C)c(C)c4c(c3C)CC[C@@](C)(CCC[C@H](C)CCC[C@H](C)CCCC(C)C)O4)c(OC)c2)ccc1OC(=O)CCC(=O)O. The highest BCUT2D eigenvalue weighted by Gasteiger charge is 2.35. The molecule has 1 aliphatic rings. The molecule has 13 nitrogen and oxygen atoms in total. The number of ether oxygens (including phenoxy) is 6. The lowest BCUT2D eigenvalue weighted by molar-refractivity contribution is -0.142. The Kier molecular flexibility index (Phi) is 22.6. The van der Waals surface area contributed by atoms with E-state index in [0.29, 0.717) is 22.8 Å². The number of fused-ring (bicyclic) bond motifs is 1. The summed E-state index contributed by atoms with van der Waals surface area (Å²) in [5.41, 5.74) is 4.53. The second-order valence-corrected chi connectivity index (χ2v) is 19.8. The third kappa shape index (κ3) is 18.8. The lowest BCUT2D eigenvalue weighted by Crippen LogP contribution is -2.37. The van der Waals surface area contributed by atoms with Gasteiger partial charge in [0.1, 0.15) is 17.1 Å². The fourth-order valence-electron chi connectivity index (χ4n) is 8.75. The summed E-state index contributed by atoms with van der Waals surface area (Å²) in [4.78, 5) is 74.0. The van der Waals surface area contributed by atoms with E-state index in [-0.39, 0.29) is 54.3 Å². The highest BCUT2D eigenvalue weighted by atomic mass is 16.6. The molecule has 0 spiro atoms. The maximum Gasteiger partial charge on any atom is 0.311 e. The van der Waals surface area contributed by atoms with Gasteiger partial charge in [0.25, 0.3) is 0 Å². The predicted octanol–water partition coefficient (Wildman–Crippen LogP) is 12.5. The number of carbonyl (C=O) groups excluding carboxylic acids is 5. The highest BCUT2D eigenvalue weighted by molar-refractivity contribution is 6.11. The monoisotopic (exact) mass is 981 g/mol. The summed E-state index contributed by atoms with van der Waals surface area (Å²) in [5, 5.41) is 8.77. The molecule has 1 aliphatic heterocycles. The molecular weight excluding hydrogens is 905 g/mol. The van der Waals surface area contributed by atoms with Crippen molar-refractivity contribution < 1.29 is 62.3 Å². The molecule has 0 aromatic heterocycles. The third-order valence-electron chi connectivity index (χ3n) is 13.2. The Morgan fingerprint density at radius 2 is 1.11 bits per heavy atom. The first-order valence-corrected chi connectivity index (χ1v) is 25.1. The van der Waals surface area contributed by atoms with Gasteiger partial charge < -0.3 is 33.5 Å². The lowest BCUT2D eigenvalue weighted by atomic mass is 9.83. The zero-order valence-electron chi connectivity index (χ0n) is 43.7. The summed E-state index contributed by atoms with van der Waals surface area (Å²) in [5.74, 6) is 0.337. The van der Waals surface area contributed by atoms with E-state index in [1.54, 1.807) is 18.2 Å². The van der Waals surface area contributed by atoms with Crippen LogP contribution in [0.1, 0.15) is 164 Å². The minimum Gasteiger partial charge on any atom is -0.493 e. The summed E-state index contributed by atoms with van der Waals surface area (Å²) < 4.78 is 34.2. The minimum atomic E-state index is -1.12. The topological polar surface area (TPSA) is 178 Å². The Labute approximate surface area is 420 Å². The average molecular weight is 981 g/mol. The Morgan fingerprint density at radius 1 is 0.634 bits per heavy atom. The number of hydrogen-bond acceptors (Lipinski definition) is 12. The van der Waals surface area contributed by atoms with Crippen molar-refractivity contribution in [1.29, 1.82) is 0 Å². The maximum atomic E-state index is 13.2. The average Bonchev–Trinajstić information content (AvgIpc) is 3.32. The molecule has 13 heteroatoms. The van der Waals surface area contributed by atoms with Gasteiger partial charge in [-0.15, -0.1) is 0 Å². The molecule has 0 radical (unpaired) electrons. The summed E-state index contributed by atoms with van der Waals surface area (Å²) in [6.07, 6.45) is 16.9. The quantitative estimate of drug-likeness (QED) is 0.0301. The molecule has 3 aromatic carbocycles. The maximum absolute atomic E-state index is 13.2. The van der Waals surface area contributed by atoms with Crippen molar-refractivity contribution in [2.45, 2.75) is 164 Å². The second-order valence-electron chi connectivity index (χ2n) is 19.8.